The minimum atomic E-state index is 0.218. The van der Waals surface area contributed by atoms with Crippen molar-refractivity contribution >= 4 is 5.96 Å². The number of nitrogens with one attached hydrogen (secondary N) is 2. The van der Waals surface area contributed by atoms with E-state index in [1.54, 1.807) is 0 Å². The van der Waals surface area contributed by atoms with Crippen LogP contribution in [0.3, 0.4) is 0 Å². The quantitative estimate of drug-likeness (QED) is 0.397. The fourth-order valence-corrected chi connectivity index (χ4v) is 1.74. The number of nitrogens with zero attached hydrogens (tertiary/aromatic N) is 1. The van der Waals surface area contributed by atoms with E-state index in [2.05, 4.69) is 5.32 Å². The van der Waals surface area contributed by atoms with Gasteiger partial charge in [0.2, 0.25) is 0 Å². The molecule has 0 aliphatic carbocycles. The Morgan fingerprint density at radius 1 is 1.75 bits per heavy atom. The molecule has 1 aliphatic heterocycles. The second-order valence-corrected chi connectivity index (χ2v) is 3.40. The molecule has 4 nitrogen and oxygen atoms in total. The van der Waals surface area contributed by atoms with E-state index in [0.29, 0.717) is 5.92 Å². The van der Waals surface area contributed by atoms with Crippen molar-refractivity contribution in [2.75, 3.05) is 26.7 Å². The van der Waals surface area contributed by atoms with Crippen LogP contribution in [0.4, 0.5) is 0 Å². The molecule has 1 aliphatic rings. The molecule has 4 N–H and O–H groups in total. The Bertz CT molecular complexity index is 155. The summed E-state index contributed by atoms with van der Waals surface area (Å²) >= 11 is 0. The highest BCUT2D eigenvalue weighted by Gasteiger charge is 2.19. The van der Waals surface area contributed by atoms with Gasteiger partial charge in [-0.05, 0) is 32.4 Å². The third kappa shape index (κ3) is 2.37. The van der Waals surface area contributed by atoms with E-state index >= 15 is 0 Å². The van der Waals surface area contributed by atoms with Gasteiger partial charge in [-0.2, -0.15) is 0 Å². The van der Waals surface area contributed by atoms with Gasteiger partial charge in [-0.15, -0.1) is 0 Å². The van der Waals surface area contributed by atoms with Gasteiger partial charge in [-0.25, -0.2) is 0 Å². The molecule has 0 aromatic heterocycles. The van der Waals surface area contributed by atoms with Gasteiger partial charge in [0.1, 0.15) is 0 Å². The summed E-state index contributed by atoms with van der Waals surface area (Å²) < 4.78 is 0. The van der Waals surface area contributed by atoms with E-state index in [4.69, 9.17) is 11.1 Å². The monoisotopic (exact) mass is 170 g/mol. The van der Waals surface area contributed by atoms with Crippen molar-refractivity contribution < 1.29 is 0 Å². The summed E-state index contributed by atoms with van der Waals surface area (Å²) in [5.41, 5.74) is 5.41. The van der Waals surface area contributed by atoms with Crippen LogP contribution in [0.2, 0.25) is 0 Å². The SMILES string of the molecule is CNCC1CCCN(C(=N)N)C1. The van der Waals surface area contributed by atoms with Crippen molar-refractivity contribution in [3.63, 3.8) is 0 Å². The predicted octanol–water partition coefficient (Wildman–Crippen LogP) is -0.189. The van der Waals surface area contributed by atoms with Crippen LogP contribution >= 0.6 is 0 Å². The lowest BCUT2D eigenvalue weighted by atomic mass is 9.98. The maximum absolute atomic E-state index is 7.29. The highest BCUT2D eigenvalue weighted by Crippen LogP contribution is 2.14. The highest BCUT2D eigenvalue weighted by atomic mass is 15.2. The van der Waals surface area contributed by atoms with Crippen molar-refractivity contribution in [2.45, 2.75) is 12.8 Å². The van der Waals surface area contributed by atoms with Crippen molar-refractivity contribution in [3.05, 3.63) is 0 Å². The van der Waals surface area contributed by atoms with E-state index in [9.17, 15) is 0 Å². The lowest BCUT2D eigenvalue weighted by Crippen LogP contribution is -2.45. The molecule has 0 radical (unpaired) electrons. The summed E-state index contributed by atoms with van der Waals surface area (Å²) in [6.07, 6.45) is 2.41. The van der Waals surface area contributed by atoms with E-state index in [1.165, 1.54) is 6.42 Å². The smallest absolute Gasteiger partial charge is 0.188 e. The zero-order valence-electron chi connectivity index (χ0n) is 7.64. The Hall–Kier alpha value is -0.770. The zero-order chi connectivity index (χ0) is 8.97. The fraction of sp³-hybridized carbons (Fsp3) is 0.875. The van der Waals surface area contributed by atoms with E-state index in [-0.39, 0.29) is 5.96 Å². The molecular weight excluding hydrogens is 152 g/mol. The van der Waals surface area contributed by atoms with Crippen molar-refractivity contribution in [1.29, 1.82) is 5.41 Å². The van der Waals surface area contributed by atoms with E-state index < -0.39 is 0 Å². The van der Waals surface area contributed by atoms with Crippen LogP contribution < -0.4 is 11.1 Å². The molecule has 1 rings (SSSR count). The highest BCUT2D eigenvalue weighted by molar-refractivity contribution is 5.74. The van der Waals surface area contributed by atoms with Gasteiger partial charge >= 0.3 is 0 Å². The first-order chi connectivity index (χ1) is 5.74. The van der Waals surface area contributed by atoms with Crippen LogP contribution in [-0.4, -0.2) is 37.5 Å². The number of hydrogen-bond acceptors (Lipinski definition) is 2. The van der Waals surface area contributed by atoms with Crippen molar-refractivity contribution in [3.8, 4) is 0 Å². The van der Waals surface area contributed by atoms with Crippen molar-refractivity contribution in [2.24, 2.45) is 11.7 Å². The third-order valence-electron chi connectivity index (χ3n) is 2.35. The van der Waals surface area contributed by atoms with Crippen LogP contribution in [0, 0.1) is 11.3 Å². The van der Waals surface area contributed by atoms with Crippen LogP contribution in [0.15, 0.2) is 0 Å². The van der Waals surface area contributed by atoms with Gasteiger partial charge in [-0.1, -0.05) is 0 Å². The third-order valence-corrected chi connectivity index (χ3v) is 2.35. The van der Waals surface area contributed by atoms with Gasteiger partial charge in [0, 0.05) is 13.1 Å². The topological polar surface area (TPSA) is 65.1 Å². The molecule has 0 saturated carbocycles. The van der Waals surface area contributed by atoms with Crippen LogP contribution in [0.1, 0.15) is 12.8 Å². The molecule has 0 aromatic rings. The lowest BCUT2D eigenvalue weighted by molar-refractivity contribution is 0.252. The van der Waals surface area contributed by atoms with Gasteiger partial charge < -0.3 is 16.0 Å². The largest absolute Gasteiger partial charge is 0.370 e. The Kier molecular flexibility index (Phi) is 3.34. The summed E-state index contributed by atoms with van der Waals surface area (Å²) in [6, 6.07) is 0. The number of piperidine rings is 1. The molecule has 0 bridgehead atoms. The molecule has 0 amide bonds. The number of hydrogen-bond donors (Lipinski definition) is 3. The fourth-order valence-electron chi connectivity index (χ4n) is 1.74. The summed E-state index contributed by atoms with van der Waals surface area (Å²) in [5, 5.41) is 10.5. The Morgan fingerprint density at radius 2 is 2.50 bits per heavy atom. The minimum absolute atomic E-state index is 0.218. The average molecular weight is 170 g/mol. The minimum Gasteiger partial charge on any atom is -0.370 e. The molecular formula is C8H18N4. The maximum atomic E-state index is 7.29. The first-order valence-corrected chi connectivity index (χ1v) is 4.47. The molecule has 1 heterocycles. The second kappa shape index (κ2) is 4.30. The number of guanidine groups is 1. The number of rotatable bonds is 2. The van der Waals surface area contributed by atoms with E-state index in [1.807, 2.05) is 11.9 Å². The van der Waals surface area contributed by atoms with Crippen molar-refractivity contribution in [1.82, 2.24) is 10.2 Å². The molecule has 0 spiro atoms. The number of nitrogens with two attached hydrogens (primary N) is 1. The molecule has 1 saturated heterocycles. The van der Waals surface area contributed by atoms with E-state index in [0.717, 1.165) is 26.1 Å². The predicted molar refractivity (Wildman–Crippen MR) is 50.1 cm³/mol. The van der Waals surface area contributed by atoms with Crippen LogP contribution in [0.25, 0.3) is 0 Å². The summed E-state index contributed by atoms with van der Waals surface area (Å²) in [5.74, 6) is 0.878. The van der Waals surface area contributed by atoms with Gasteiger partial charge in [0.15, 0.2) is 5.96 Å². The first kappa shape index (κ1) is 9.32. The standard InChI is InChI=1S/C8H18N4/c1-11-5-7-3-2-4-12(6-7)8(9)10/h7,11H,2-6H2,1H3,(H3,9,10). The average Bonchev–Trinajstić information content (AvgIpc) is 2.05. The maximum Gasteiger partial charge on any atom is 0.188 e. The van der Waals surface area contributed by atoms with Crippen LogP contribution in [-0.2, 0) is 0 Å². The zero-order valence-corrected chi connectivity index (χ0v) is 7.64. The number of likely N-dealkylation sites (tertiary alicyclic amines) is 1. The molecule has 1 fully saturated rings. The Balaban J connectivity index is 2.35. The molecule has 1 atom stereocenters. The molecule has 12 heavy (non-hydrogen) atoms. The second-order valence-electron chi connectivity index (χ2n) is 3.40. The molecule has 4 heteroatoms. The summed E-state index contributed by atoms with van der Waals surface area (Å²) in [6.45, 7) is 2.93. The first-order valence-electron chi connectivity index (χ1n) is 4.47. The Labute approximate surface area is 73.6 Å². The summed E-state index contributed by atoms with van der Waals surface area (Å²) in [7, 11) is 1.96. The molecule has 1 unspecified atom stereocenters. The lowest BCUT2D eigenvalue weighted by Gasteiger charge is -2.32. The van der Waals surface area contributed by atoms with Gasteiger partial charge in [0.25, 0.3) is 0 Å². The summed E-state index contributed by atoms with van der Waals surface area (Å²) in [4.78, 5) is 1.95. The Morgan fingerprint density at radius 3 is 3.08 bits per heavy atom. The molecule has 0 aromatic carbocycles. The van der Waals surface area contributed by atoms with Gasteiger partial charge in [0.05, 0.1) is 0 Å². The van der Waals surface area contributed by atoms with Crippen LogP contribution in [0.5, 0.6) is 0 Å². The van der Waals surface area contributed by atoms with Gasteiger partial charge in [-0.3, -0.25) is 5.41 Å². The normalized spacial score (nSPS) is 24.1. The molecule has 70 valence electrons.